The number of thiophene rings is 1. The van der Waals surface area contributed by atoms with Crippen molar-refractivity contribution in [2.75, 3.05) is 0 Å². The minimum Gasteiger partial charge on any atom is -0.324 e. The molecule has 2 aromatic rings. The first-order valence-corrected chi connectivity index (χ1v) is 5.67. The molecule has 0 radical (unpaired) electrons. The normalized spacial score (nSPS) is 12.7. The Morgan fingerprint density at radius 1 is 1.20 bits per heavy atom. The summed E-state index contributed by atoms with van der Waals surface area (Å²) in [5.41, 5.74) is 7.00. The molecule has 1 aromatic carbocycles. The van der Waals surface area contributed by atoms with Crippen molar-refractivity contribution in [2.45, 2.75) is 12.5 Å². The van der Waals surface area contributed by atoms with Crippen LogP contribution in [0.4, 0.5) is 4.39 Å². The van der Waals surface area contributed by atoms with E-state index >= 15 is 0 Å². The fourth-order valence-electron chi connectivity index (χ4n) is 1.47. The first kappa shape index (κ1) is 10.3. The Bertz CT molecular complexity index is 408. The third kappa shape index (κ3) is 2.64. The average molecular weight is 221 g/mol. The van der Waals surface area contributed by atoms with E-state index < -0.39 is 0 Å². The summed E-state index contributed by atoms with van der Waals surface area (Å²) in [6.45, 7) is 0. The number of hydrogen-bond acceptors (Lipinski definition) is 2. The second-order valence-electron chi connectivity index (χ2n) is 3.44. The largest absolute Gasteiger partial charge is 0.324 e. The molecule has 0 saturated carbocycles. The lowest BCUT2D eigenvalue weighted by Gasteiger charge is -2.10. The molecule has 0 fully saturated rings. The van der Waals surface area contributed by atoms with Crippen molar-refractivity contribution in [1.29, 1.82) is 0 Å². The zero-order valence-electron chi connectivity index (χ0n) is 8.19. The number of hydrogen-bond donors (Lipinski definition) is 1. The van der Waals surface area contributed by atoms with Gasteiger partial charge < -0.3 is 5.73 Å². The number of rotatable bonds is 3. The maximum atomic E-state index is 12.7. The second-order valence-corrected chi connectivity index (χ2v) is 4.47. The second kappa shape index (κ2) is 4.55. The predicted molar refractivity (Wildman–Crippen MR) is 61.4 cm³/mol. The Hall–Kier alpha value is -1.19. The van der Waals surface area contributed by atoms with Gasteiger partial charge in [-0.2, -0.15) is 0 Å². The molecule has 15 heavy (non-hydrogen) atoms. The standard InChI is InChI=1S/C12H12FNS/c13-10-5-3-9(4-6-10)12(14)8-11-2-1-7-15-11/h1-7,12H,8,14H2. The SMILES string of the molecule is NC(Cc1cccs1)c1ccc(F)cc1. The van der Waals surface area contributed by atoms with Gasteiger partial charge in [-0.15, -0.1) is 11.3 Å². The van der Waals surface area contributed by atoms with E-state index in [4.69, 9.17) is 5.73 Å². The fraction of sp³-hybridized carbons (Fsp3) is 0.167. The van der Waals surface area contributed by atoms with Crippen LogP contribution in [0.3, 0.4) is 0 Å². The van der Waals surface area contributed by atoms with Crippen molar-refractivity contribution < 1.29 is 4.39 Å². The summed E-state index contributed by atoms with van der Waals surface area (Å²) in [6, 6.07) is 10.4. The van der Waals surface area contributed by atoms with Crippen molar-refractivity contribution in [3.8, 4) is 0 Å². The van der Waals surface area contributed by atoms with Crippen LogP contribution in [0.5, 0.6) is 0 Å². The highest BCUT2D eigenvalue weighted by atomic mass is 32.1. The molecule has 0 aliphatic rings. The van der Waals surface area contributed by atoms with Crippen molar-refractivity contribution in [1.82, 2.24) is 0 Å². The molecule has 0 aliphatic carbocycles. The van der Waals surface area contributed by atoms with Crippen LogP contribution < -0.4 is 5.73 Å². The fourth-order valence-corrected chi connectivity index (χ4v) is 2.24. The molecule has 0 aliphatic heterocycles. The summed E-state index contributed by atoms with van der Waals surface area (Å²) in [5, 5.41) is 2.03. The van der Waals surface area contributed by atoms with Crippen LogP contribution in [0.25, 0.3) is 0 Å². The molecule has 1 heterocycles. The molecule has 3 heteroatoms. The van der Waals surface area contributed by atoms with Crippen LogP contribution in [-0.4, -0.2) is 0 Å². The zero-order chi connectivity index (χ0) is 10.7. The Labute approximate surface area is 92.4 Å². The van der Waals surface area contributed by atoms with E-state index in [9.17, 15) is 4.39 Å². The molecule has 78 valence electrons. The van der Waals surface area contributed by atoms with Gasteiger partial charge in [0.15, 0.2) is 0 Å². The van der Waals surface area contributed by atoms with E-state index in [-0.39, 0.29) is 11.9 Å². The van der Waals surface area contributed by atoms with Crippen molar-refractivity contribution in [3.63, 3.8) is 0 Å². The van der Waals surface area contributed by atoms with Gasteiger partial charge in [0.05, 0.1) is 0 Å². The van der Waals surface area contributed by atoms with Crippen molar-refractivity contribution >= 4 is 11.3 Å². The quantitative estimate of drug-likeness (QED) is 0.846. The van der Waals surface area contributed by atoms with Crippen LogP contribution in [0.2, 0.25) is 0 Å². The number of halogens is 1. The third-order valence-electron chi connectivity index (χ3n) is 2.30. The van der Waals surface area contributed by atoms with Gasteiger partial charge in [0.25, 0.3) is 0 Å². The molecular formula is C12H12FNS. The minimum atomic E-state index is -0.220. The van der Waals surface area contributed by atoms with Gasteiger partial charge in [0, 0.05) is 17.3 Å². The molecule has 2 N–H and O–H groups in total. The highest BCUT2D eigenvalue weighted by Gasteiger charge is 2.07. The predicted octanol–water partition coefficient (Wildman–Crippen LogP) is 3.13. The molecule has 0 saturated heterocycles. The molecule has 1 nitrogen and oxygen atoms in total. The summed E-state index contributed by atoms with van der Waals surface area (Å²) in [4.78, 5) is 1.26. The molecule has 1 aromatic heterocycles. The summed E-state index contributed by atoms with van der Waals surface area (Å²) in [7, 11) is 0. The average Bonchev–Trinajstić information content (AvgIpc) is 2.71. The summed E-state index contributed by atoms with van der Waals surface area (Å²) in [5.74, 6) is -0.220. The van der Waals surface area contributed by atoms with E-state index in [1.165, 1.54) is 17.0 Å². The maximum absolute atomic E-state index is 12.7. The van der Waals surface area contributed by atoms with Crippen LogP contribution >= 0.6 is 11.3 Å². The maximum Gasteiger partial charge on any atom is 0.123 e. The van der Waals surface area contributed by atoms with Crippen LogP contribution in [-0.2, 0) is 6.42 Å². The summed E-state index contributed by atoms with van der Waals surface area (Å²) >= 11 is 1.69. The van der Waals surface area contributed by atoms with E-state index in [1.54, 1.807) is 23.5 Å². The van der Waals surface area contributed by atoms with Gasteiger partial charge >= 0.3 is 0 Å². The molecule has 0 bridgehead atoms. The minimum absolute atomic E-state index is 0.0516. The lowest BCUT2D eigenvalue weighted by molar-refractivity contribution is 0.624. The van der Waals surface area contributed by atoms with Gasteiger partial charge in [-0.1, -0.05) is 18.2 Å². The summed E-state index contributed by atoms with van der Waals surface area (Å²) in [6.07, 6.45) is 0.809. The number of nitrogens with two attached hydrogens (primary N) is 1. The van der Waals surface area contributed by atoms with E-state index in [2.05, 4.69) is 6.07 Å². The Morgan fingerprint density at radius 2 is 1.93 bits per heavy atom. The molecule has 1 atom stereocenters. The van der Waals surface area contributed by atoms with Crippen LogP contribution in [0.15, 0.2) is 41.8 Å². The molecule has 2 rings (SSSR count). The highest BCUT2D eigenvalue weighted by molar-refractivity contribution is 7.09. The van der Waals surface area contributed by atoms with Crippen molar-refractivity contribution in [2.24, 2.45) is 5.73 Å². The first-order chi connectivity index (χ1) is 7.25. The van der Waals surface area contributed by atoms with E-state index in [0.29, 0.717) is 0 Å². The van der Waals surface area contributed by atoms with Gasteiger partial charge in [-0.05, 0) is 29.1 Å². The Balaban J connectivity index is 2.08. The monoisotopic (exact) mass is 221 g/mol. The lowest BCUT2D eigenvalue weighted by atomic mass is 10.0. The van der Waals surface area contributed by atoms with Gasteiger partial charge in [0.2, 0.25) is 0 Å². The van der Waals surface area contributed by atoms with Crippen LogP contribution in [0.1, 0.15) is 16.5 Å². The topological polar surface area (TPSA) is 26.0 Å². The lowest BCUT2D eigenvalue weighted by Crippen LogP contribution is -2.12. The van der Waals surface area contributed by atoms with Gasteiger partial charge in [0.1, 0.15) is 5.82 Å². The summed E-state index contributed by atoms with van der Waals surface area (Å²) < 4.78 is 12.7. The zero-order valence-corrected chi connectivity index (χ0v) is 9.01. The van der Waals surface area contributed by atoms with E-state index in [0.717, 1.165) is 12.0 Å². The molecular weight excluding hydrogens is 209 g/mol. The van der Waals surface area contributed by atoms with Crippen molar-refractivity contribution in [3.05, 3.63) is 58.0 Å². The Morgan fingerprint density at radius 3 is 2.53 bits per heavy atom. The Kier molecular flexibility index (Phi) is 3.14. The van der Waals surface area contributed by atoms with Crippen LogP contribution in [0, 0.1) is 5.82 Å². The van der Waals surface area contributed by atoms with Gasteiger partial charge in [-0.3, -0.25) is 0 Å². The first-order valence-electron chi connectivity index (χ1n) is 4.79. The van der Waals surface area contributed by atoms with Gasteiger partial charge in [-0.25, -0.2) is 4.39 Å². The number of benzene rings is 1. The van der Waals surface area contributed by atoms with E-state index in [1.807, 2.05) is 11.4 Å². The highest BCUT2D eigenvalue weighted by Crippen LogP contribution is 2.19. The molecule has 1 unspecified atom stereocenters. The molecule has 0 amide bonds. The smallest absolute Gasteiger partial charge is 0.123 e. The molecule has 0 spiro atoms. The third-order valence-corrected chi connectivity index (χ3v) is 3.20.